The standard InChI is InChI=1S/C16H14N2O3S2/c19-14(8-13-15-10(3-6-21-13)4-7-22-15)18-16-17-11(9-23-16)12-2-1-5-20-12/h1-2,4-5,7,9,13H,3,6,8H2,(H,17,18,19). The Morgan fingerprint density at radius 2 is 2.35 bits per heavy atom. The predicted octanol–water partition coefficient (Wildman–Crippen LogP) is 4.11. The van der Waals surface area contributed by atoms with Gasteiger partial charge in [-0.1, -0.05) is 0 Å². The Kier molecular flexibility index (Phi) is 3.99. The number of fused-ring (bicyclic) bond motifs is 1. The molecule has 3 aromatic heterocycles. The zero-order chi connectivity index (χ0) is 15.6. The van der Waals surface area contributed by atoms with Crippen molar-refractivity contribution in [3.05, 3.63) is 45.7 Å². The minimum Gasteiger partial charge on any atom is -0.463 e. The molecule has 5 nitrogen and oxygen atoms in total. The summed E-state index contributed by atoms with van der Waals surface area (Å²) in [5.74, 6) is 0.609. The van der Waals surface area contributed by atoms with Crippen LogP contribution in [-0.2, 0) is 16.0 Å². The summed E-state index contributed by atoms with van der Waals surface area (Å²) in [6, 6.07) is 5.77. The molecule has 1 unspecified atom stereocenters. The third-order valence-electron chi connectivity index (χ3n) is 3.66. The minimum atomic E-state index is -0.150. The Morgan fingerprint density at radius 3 is 3.22 bits per heavy atom. The van der Waals surface area contributed by atoms with Crippen LogP contribution in [0, 0.1) is 0 Å². The van der Waals surface area contributed by atoms with E-state index in [0.717, 1.165) is 12.1 Å². The Hall–Kier alpha value is -1.96. The number of aromatic nitrogens is 1. The summed E-state index contributed by atoms with van der Waals surface area (Å²) in [4.78, 5) is 17.8. The van der Waals surface area contributed by atoms with Crippen LogP contribution in [0.2, 0.25) is 0 Å². The zero-order valence-corrected chi connectivity index (χ0v) is 13.8. The molecular formula is C16H14N2O3S2. The highest BCUT2D eigenvalue weighted by atomic mass is 32.1. The Bertz CT molecular complexity index is 807. The van der Waals surface area contributed by atoms with Gasteiger partial charge in [0.15, 0.2) is 10.9 Å². The number of anilines is 1. The number of thiophene rings is 1. The van der Waals surface area contributed by atoms with Gasteiger partial charge in [-0.25, -0.2) is 4.98 Å². The first-order chi connectivity index (χ1) is 11.3. The van der Waals surface area contributed by atoms with E-state index in [0.29, 0.717) is 23.9 Å². The van der Waals surface area contributed by atoms with Crippen molar-refractivity contribution in [3.8, 4) is 11.5 Å². The summed E-state index contributed by atoms with van der Waals surface area (Å²) in [6.07, 6.45) is 2.69. The van der Waals surface area contributed by atoms with E-state index in [-0.39, 0.29) is 12.0 Å². The molecule has 1 aliphatic rings. The minimum absolute atomic E-state index is 0.0865. The number of ether oxygens (including phenoxy) is 1. The third kappa shape index (κ3) is 3.08. The van der Waals surface area contributed by atoms with Gasteiger partial charge < -0.3 is 14.5 Å². The largest absolute Gasteiger partial charge is 0.463 e. The lowest BCUT2D eigenvalue weighted by atomic mass is 10.1. The summed E-state index contributed by atoms with van der Waals surface area (Å²) in [6.45, 7) is 0.668. The lowest BCUT2D eigenvalue weighted by Gasteiger charge is -2.22. The van der Waals surface area contributed by atoms with Crippen LogP contribution in [0.1, 0.15) is 23.0 Å². The number of carbonyl (C=O) groups excluding carboxylic acids is 1. The van der Waals surface area contributed by atoms with Gasteiger partial charge in [0, 0.05) is 10.3 Å². The van der Waals surface area contributed by atoms with Gasteiger partial charge in [-0.15, -0.1) is 22.7 Å². The normalized spacial score (nSPS) is 17.0. The summed E-state index contributed by atoms with van der Waals surface area (Å²) in [7, 11) is 0. The molecule has 0 aliphatic carbocycles. The van der Waals surface area contributed by atoms with Crippen molar-refractivity contribution >= 4 is 33.7 Å². The van der Waals surface area contributed by atoms with Crippen molar-refractivity contribution in [2.45, 2.75) is 18.9 Å². The molecule has 7 heteroatoms. The molecule has 0 aromatic carbocycles. The Labute approximate surface area is 140 Å². The maximum atomic E-state index is 12.3. The van der Waals surface area contributed by atoms with Crippen LogP contribution in [0.4, 0.5) is 5.13 Å². The number of furan rings is 1. The zero-order valence-electron chi connectivity index (χ0n) is 12.2. The fourth-order valence-electron chi connectivity index (χ4n) is 2.58. The SMILES string of the molecule is O=C(CC1OCCc2ccsc21)Nc1nc(-c2ccco2)cs1. The van der Waals surface area contributed by atoms with Gasteiger partial charge in [-0.2, -0.15) is 0 Å². The van der Waals surface area contributed by atoms with Crippen LogP contribution < -0.4 is 5.32 Å². The van der Waals surface area contributed by atoms with Gasteiger partial charge >= 0.3 is 0 Å². The van der Waals surface area contributed by atoms with Crippen molar-refractivity contribution in [2.24, 2.45) is 0 Å². The summed E-state index contributed by atoms with van der Waals surface area (Å²) >= 11 is 3.04. The van der Waals surface area contributed by atoms with Gasteiger partial charge in [0.05, 0.1) is 19.3 Å². The fourth-order valence-corrected chi connectivity index (χ4v) is 4.30. The number of nitrogens with one attached hydrogen (secondary N) is 1. The lowest BCUT2D eigenvalue weighted by Crippen LogP contribution is -2.21. The van der Waals surface area contributed by atoms with Crippen LogP contribution in [0.15, 0.2) is 39.6 Å². The quantitative estimate of drug-likeness (QED) is 0.772. The molecule has 1 aliphatic heterocycles. The second-order valence-corrected chi connectivity index (χ2v) is 6.99. The van der Waals surface area contributed by atoms with Crippen LogP contribution in [0.5, 0.6) is 0 Å². The number of thiazole rings is 1. The monoisotopic (exact) mass is 346 g/mol. The van der Waals surface area contributed by atoms with E-state index in [1.165, 1.54) is 21.8 Å². The molecule has 3 aromatic rings. The average molecular weight is 346 g/mol. The summed E-state index contributed by atoms with van der Waals surface area (Å²) in [5.41, 5.74) is 2.03. The molecule has 0 bridgehead atoms. The molecule has 23 heavy (non-hydrogen) atoms. The van der Waals surface area contributed by atoms with Crippen molar-refractivity contribution in [1.29, 1.82) is 0 Å². The smallest absolute Gasteiger partial charge is 0.229 e. The highest BCUT2D eigenvalue weighted by molar-refractivity contribution is 7.14. The molecule has 1 N–H and O–H groups in total. The van der Waals surface area contributed by atoms with Crippen LogP contribution in [0.3, 0.4) is 0 Å². The van der Waals surface area contributed by atoms with Crippen molar-refractivity contribution in [2.75, 3.05) is 11.9 Å². The van der Waals surface area contributed by atoms with Crippen molar-refractivity contribution in [1.82, 2.24) is 4.98 Å². The van der Waals surface area contributed by atoms with E-state index in [2.05, 4.69) is 21.7 Å². The molecule has 0 radical (unpaired) electrons. The maximum absolute atomic E-state index is 12.3. The number of hydrogen-bond acceptors (Lipinski definition) is 6. The number of hydrogen-bond donors (Lipinski definition) is 1. The maximum Gasteiger partial charge on any atom is 0.229 e. The number of carbonyl (C=O) groups is 1. The third-order valence-corrected chi connectivity index (χ3v) is 5.47. The molecule has 0 spiro atoms. The summed E-state index contributed by atoms with van der Waals surface area (Å²) in [5, 5.41) is 7.34. The van der Waals surface area contributed by atoms with E-state index in [1.54, 1.807) is 17.6 Å². The molecule has 1 amide bonds. The van der Waals surface area contributed by atoms with E-state index in [1.807, 2.05) is 17.5 Å². The van der Waals surface area contributed by atoms with Gasteiger partial charge in [-0.3, -0.25) is 4.79 Å². The first-order valence-corrected chi connectivity index (χ1v) is 9.02. The number of rotatable bonds is 4. The number of nitrogens with zero attached hydrogens (tertiary/aromatic N) is 1. The average Bonchev–Trinajstić information content (AvgIpc) is 3.28. The second kappa shape index (κ2) is 6.27. The van der Waals surface area contributed by atoms with E-state index >= 15 is 0 Å². The fraction of sp³-hybridized carbons (Fsp3) is 0.250. The molecule has 118 valence electrons. The van der Waals surface area contributed by atoms with Crippen molar-refractivity contribution < 1.29 is 13.9 Å². The molecule has 0 saturated heterocycles. The molecular weight excluding hydrogens is 332 g/mol. The lowest BCUT2D eigenvalue weighted by molar-refractivity contribution is -0.119. The van der Waals surface area contributed by atoms with Gasteiger partial charge in [0.25, 0.3) is 0 Å². The molecule has 1 atom stereocenters. The van der Waals surface area contributed by atoms with Crippen LogP contribution in [0.25, 0.3) is 11.5 Å². The highest BCUT2D eigenvalue weighted by Gasteiger charge is 2.25. The van der Waals surface area contributed by atoms with Gasteiger partial charge in [-0.05, 0) is 35.6 Å². The Balaban J connectivity index is 1.41. The van der Waals surface area contributed by atoms with Crippen molar-refractivity contribution in [3.63, 3.8) is 0 Å². The number of amides is 1. The molecule has 0 fully saturated rings. The predicted molar refractivity (Wildman–Crippen MR) is 89.8 cm³/mol. The molecule has 0 saturated carbocycles. The second-order valence-electron chi connectivity index (χ2n) is 5.19. The van der Waals surface area contributed by atoms with E-state index in [9.17, 15) is 4.79 Å². The summed E-state index contributed by atoms with van der Waals surface area (Å²) < 4.78 is 11.1. The Morgan fingerprint density at radius 1 is 1.39 bits per heavy atom. The molecule has 4 rings (SSSR count). The first kappa shape index (κ1) is 14.6. The van der Waals surface area contributed by atoms with Gasteiger partial charge in [0.1, 0.15) is 11.8 Å². The van der Waals surface area contributed by atoms with Crippen LogP contribution >= 0.6 is 22.7 Å². The molecule has 4 heterocycles. The first-order valence-electron chi connectivity index (χ1n) is 7.27. The van der Waals surface area contributed by atoms with E-state index < -0.39 is 0 Å². The van der Waals surface area contributed by atoms with E-state index in [4.69, 9.17) is 9.15 Å². The van der Waals surface area contributed by atoms with Gasteiger partial charge in [0.2, 0.25) is 5.91 Å². The topological polar surface area (TPSA) is 64.4 Å². The van der Waals surface area contributed by atoms with Crippen LogP contribution in [-0.4, -0.2) is 17.5 Å². The highest BCUT2D eigenvalue weighted by Crippen LogP contribution is 2.34.